The maximum atomic E-state index is 10.7. The number of aliphatic carboxylic acids is 1. The first kappa shape index (κ1) is 16.9. The lowest BCUT2D eigenvalue weighted by atomic mass is 10.3. The number of nitrogens with one attached hydrogen (secondary N) is 1. The van der Waals surface area contributed by atoms with Crippen LogP contribution in [0.5, 0.6) is 0 Å². The molecule has 0 aliphatic heterocycles. The molecule has 1 unspecified atom stereocenters. The minimum absolute atomic E-state index is 0.214. The number of carbonyl (C=O) groups excluding carboxylic acids is 1. The van der Waals surface area contributed by atoms with Gasteiger partial charge in [0.1, 0.15) is 17.2 Å². The first-order valence-electron chi connectivity index (χ1n) is 4.54. The number of thioether (sulfide) groups is 1. The van der Waals surface area contributed by atoms with Gasteiger partial charge in [-0.1, -0.05) is 5.16 Å². The number of rotatable bonds is 6. The van der Waals surface area contributed by atoms with Gasteiger partial charge in [-0.2, -0.15) is 0 Å². The topological polar surface area (TPSA) is 157 Å². The number of carboxylic acids is 1. The predicted molar refractivity (Wildman–Crippen MR) is 63.8 cm³/mol. The van der Waals surface area contributed by atoms with Crippen molar-refractivity contribution in [2.24, 2.45) is 5.16 Å². The number of nitrogens with zero attached hydrogens (tertiary/aromatic N) is 1. The largest absolute Gasteiger partial charge is 0.480 e. The van der Waals surface area contributed by atoms with E-state index in [1.54, 1.807) is 0 Å². The minimum atomic E-state index is -4.40. The minimum Gasteiger partial charge on any atom is -0.480 e. The molecule has 1 amide bonds. The lowest BCUT2D eigenvalue weighted by Crippen LogP contribution is -2.41. The second-order valence-electron chi connectivity index (χ2n) is 3.22. The molecule has 0 aromatic rings. The van der Waals surface area contributed by atoms with Crippen LogP contribution >= 0.6 is 19.4 Å². The third-order valence-electron chi connectivity index (χ3n) is 1.54. The van der Waals surface area contributed by atoms with E-state index in [2.05, 4.69) is 10.5 Å². The molecule has 0 heterocycles. The summed E-state index contributed by atoms with van der Waals surface area (Å²) in [4.78, 5) is 38.8. The fourth-order valence-electron chi connectivity index (χ4n) is 0.882. The van der Waals surface area contributed by atoms with Gasteiger partial charge in [0.05, 0.1) is 0 Å². The molecule has 0 aliphatic carbocycles. The van der Waals surface area contributed by atoms with Gasteiger partial charge in [-0.05, 0) is 0 Å². The SMILES string of the molecule is CC(=O)NC(CSC(CP(=O)(O)O)=NO)C(=O)O. The Hall–Kier alpha value is -1.09. The summed E-state index contributed by atoms with van der Waals surface area (Å²) >= 11 is 0.639. The van der Waals surface area contributed by atoms with E-state index in [-0.39, 0.29) is 10.8 Å². The normalized spacial score (nSPS) is 14.1. The van der Waals surface area contributed by atoms with Crippen molar-refractivity contribution in [2.45, 2.75) is 13.0 Å². The number of carbonyl (C=O) groups is 2. The van der Waals surface area contributed by atoms with Crippen LogP contribution in [0, 0.1) is 0 Å². The Labute approximate surface area is 106 Å². The third-order valence-corrected chi connectivity index (χ3v) is 3.53. The highest BCUT2D eigenvalue weighted by Crippen LogP contribution is 2.35. The van der Waals surface area contributed by atoms with E-state index in [9.17, 15) is 14.2 Å². The standard InChI is InChI=1S/C7H13N2O7PS/c1-4(10)8-5(7(11)12)3-18-6(9-13)2-17(14,15)16/h5,13H,2-3H2,1H3,(H,8,10)(H,11,12)(H2,14,15,16). The van der Waals surface area contributed by atoms with E-state index >= 15 is 0 Å². The molecule has 11 heteroatoms. The molecule has 0 saturated heterocycles. The van der Waals surface area contributed by atoms with E-state index in [0.717, 1.165) is 6.92 Å². The number of carboxylic acid groups (broad SMARTS) is 1. The van der Waals surface area contributed by atoms with Crippen molar-refractivity contribution in [3.63, 3.8) is 0 Å². The van der Waals surface area contributed by atoms with Crippen LogP contribution in [-0.4, -0.2) is 55.0 Å². The molecular formula is C7H13N2O7PS. The molecule has 0 saturated carbocycles. The van der Waals surface area contributed by atoms with Gasteiger partial charge in [-0.25, -0.2) is 4.79 Å². The maximum absolute atomic E-state index is 10.7. The highest BCUT2D eigenvalue weighted by atomic mass is 32.2. The summed E-state index contributed by atoms with van der Waals surface area (Å²) in [5.41, 5.74) is 0. The molecule has 1 atom stereocenters. The average Bonchev–Trinajstić information content (AvgIpc) is 2.19. The molecule has 18 heavy (non-hydrogen) atoms. The summed E-state index contributed by atoms with van der Waals surface area (Å²) < 4.78 is 10.7. The van der Waals surface area contributed by atoms with Gasteiger partial charge in [-0.15, -0.1) is 11.8 Å². The highest BCUT2D eigenvalue weighted by Gasteiger charge is 2.23. The van der Waals surface area contributed by atoms with Crippen LogP contribution in [0.15, 0.2) is 5.16 Å². The molecule has 0 aliphatic rings. The molecule has 104 valence electrons. The quantitative estimate of drug-likeness (QED) is 0.141. The van der Waals surface area contributed by atoms with Gasteiger partial charge >= 0.3 is 13.6 Å². The zero-order valence-corrected chi connectivity index (χ0v) is 11.0. The Balaban J connectivity index is 4.46. The van der Waals surface area contributed by atoms with Crippen molar-refractivity contribution in [3.8, 4) is 0 Å². The number of oxime groups is 1. The Morgan fingerprint density at radius 2 is 2.00 bits per heavy atom. The molecule has 5 N–H and O–H groups in total. The maximum Gasteiger partial charge on any atom is 0.332 e. The first-order chi connectivity index (χ1) is 8.15. The molecule has 0 bridgehead atoms. The first-order valence-corrected chi connectivity index (χ1v) is 7.32. The second kappa shape index (κ2) is 7.37. The van der Waals surface area contributed by atoms with Gasteiger partial charge in [0.25, 0.3) is 0 Å². The van der Waals surface area contributed by atoms with E-state index in [0.29, 0.717) is 11.8 Å². The average molecular weight is 300 g/mol. The second-order valence-corrected chi connectivity index (χ2v) is 5.96. The highest BCUT2D eigenvalue weighted by molar-refractivity contribution is 8.14. The zero-order chi connectivity index (χ0) is 14.3. The predicted octanol–water partition coefficient (Wildman–Crippen LogP) is -0.726. The van der Waals surface area contributed by atoms with Gasteiger partial charge in [-0.3, -0.25) is 9.36 Å². The van der Waals surface area contributed by atoms with Crippen LogP contribution in [0.25, 0.3) is 0 Å². The van der Waals surface area contributed by atoms with Crippen molar-refractivity contribution in [1.82, 2.24) is 5.32 Å². The fourth-order valence-corrected chi connectivity index (χ4v) is 2.81. The van der Waals surface area contributed by atoms with Gasteiger partial charge in [0, 0.05) is 12.7 Å². The molecule has 0 spiro atoms. The Morgan fingerprint density at radius 3 is 2.33 bits per heavy atom. The van der Waals surface area contributed by atoms with E-state index in [1.165, 1.54) is 0 Å². The van der Waals surface area contributed by atoms with Crippen molar-refractivity contribution in [1.29, 1.82) is 0 Å². The van der Waals surface area contributed by atoms with Crippen LogP contribution in [0.1, 0.15) is 6.92 Å². The molecule has 0 fully saturated rings. The summed E-state index contributed by atoms with van der Waals surface area (Å²) in [7, 11) is -4.40. The van der Waals surface area contributed by atoms with Crippen LogP contribution in [0.4, 0.5) is 0 Å². The van der Waals surface area contributed by atoms with Crippen molar-refractivity contribution in [3.05, 3.63) is 0 Å². The molecule has 0 rings (SSSR count). The van der Waals surface area contributed by atoms with E-state index in [4.69, 9.17) is 20.1 Å². The van der Waals surface area contributed by atoms with Crippen LogP contribution < -0.4 is 5.32 Å². The molecular weight excluding hydrogens is 287 g/mol. The number of hydrogen-bond acceptors (Lipinski definition) is 6. The smallest absolute Gasteiger partial charge is 0.332 e. The number of amides is 1. The van der Waals surface area contributed by atoms with Gasteiger partial charge in [0.15, 0.2) is 0 Å². The lowest BCUT2D eigenvalue weighted by Gasteiger charge is -2.13. The van der Waals surface area contributed by atoms with Gasteiger partial charge < -0.3 is 25.4 Å². The summed E-state index contributed by atoms with van der Waals surface area (Å²) in [6, 6.07) is -1.24. The molecule has 0 aromatic heterocycles. The van der Waals surface area contributed by atoms with E-state index < -0.39 is 31.7 Å². The van der Waals surface area contributed by atoms with Crippen LogP contribution in [0.2, 0.25) is 0 Å². The van der Waals surface area contributed by atoms with Crippen LogP contribution in [0.3, 0.4) is 0 Å². The fraction of sp³-hybridized carbons (Fsp3) is 0.571. The molecule has 0 radical (unpaired) electrons. The van der Waals surface area contributed by atoms with Crippen molar-refractivity contribution in [2.75, 3.05) is 11.9 Å². The van der Waals surface area contributed by atoms with Crippen molar-refractivity contribution < 1.29 is 34.3 Å². The Kier molecular flexibility index (Phi) is 6.92. The van der Waals surface area contributed by atoms with E-state index in [1.807, 2.05) is 0 Å². The summed E-state index contributed by atoms with van der Waals surface area (Å²) in [6.07, 6.45) is -0.791. The lowest BCUT2D eigenvalue weighted by molar-refractivity contribution is -0.140. The third kappa shape index (κ3) is 8.07. The zero-order valence-electron chi connectivity index (χ0n) is 9.31. The van der Waals surface area contributed by atoms with Crippen LogP contribution in [-0.2, 0) is 14.2 Å². The summed E-state index contributed by atoms with van der Waals surface area (Å²) in [5.74, 6) is -2.07. The monoisotopic (exact) mass is 300 g/mol. The van der Waals surface area contributed by atoms with Gasteiger partial charge in [0.2, 0.25) is 5.91 Å². The van der Waals surface area contributed by atoms with Crippen molar-refractivity contribution >= 4 is 36.3 Å². The molecule has 9 nitrogen and oxygen atoms in total. The number of hydrogen-bond donors (Lipinski definition) is 5. The molecule has 0 aromatic carbocycles. The summed E-state index contributed by atoms with van der Waals surface area (Å²) in [5, 5.41) is 21.8. The summed E-state index contributed by atoms with van der Waals surface area (Å²) in [6.45, 7) is 1.14. The Morgan fingerprint density at radius 1 is 1.44 bits per heavy atom. The Bertz CT molecular complexity index is 393.